The van der Waals surface area contributed by atoms with E-state index in [1.807, 2.05) is 6.07 Å². The Kier molecular flexibility index (Phi) is 5.27. The predicted octanol–water partition coefficient (Wildman–Crippen LogP) is 4.33. The van der Waals surface area contributed by atoms with E-state index in [1.165, 1.54) is 22.9 Å². The van der Waals surface area contributed by atoms with Gasteiger partial charge in [0.1, 0.15) is 35.8 Å². The summed E-state index contributed by atoms with van der Waals surface area (Å²) in [7, 11) is 1.54. The fourth-order valence-corrected chi connectivity index (χ4v) is 2.88. The van der Waals surface area contributed by atoms with Gasteiger partial charge < -0.3 is 9.30 Å². The van der Waals surface area contributed by atoms with Gasteiger partial charge in [0.2, 0.25) is 0 Å². The molecular formula is C20H13F2N3O3. The zero-order valence-corrected chi connectivity index (χ0v) is 14.6. The fourth-order valence-electron chi connectivity index (χ4n) is 2.88. The minimum absolute atomic E-state index is 0.00968. The van der Waals surface area contributed by atoms with E-state index in [-0.39, 0.29) is 17.9 Å². The number of benzene rings is 2. The van der Waals surface area contributed by atoms with Gasteiger partial charge in [-0.25, -0.2) is 8.78 Å². The van der Waals surface area contributed by atoms with Gasteiger partial charge in [-0.1, -0.05) is 12.1 Å². The second-order valence-corrected chi connectivity index (χ2v) is 5.98. The van der Waals surface area contributed by atoms with Gasteiger partial charge in [0.25, 0.3) is 0 Å². The average molecular weight is 381 g/mol. The standard InChI is InChI=1S/C20H13F2N3O3/c1-25-10-14(9-23)18(19(25)20(26)24-27)13-2-4-17(5-3-13)28-11-12-6-15(21)8-16(22)7-12/h2-8,10H,11H2,1H3. The molecule has 0 saturated heterocycles. The summed E-state index contributed by atoms with van der Waals surface area (Å²) >= 11 is 0. The minimum atomic E-state index is -0.979. The number of nitroso groups, excluding NO2 is 1. The lowest BCUT2D eigenvalue weighted by molar-refractivity contribution is 0.0994. The lowest BCUT2D eigenvalue weighted by atomic mass is 10.0. The number of amides is 1. The van der Waals surface area contributed by atoms with Gasteiger partial charge in [-0.2, -0.15) is 5.26 Å². The number of carbonyl (C=O) groups excluding carboxylic acids is 1. The van der Waals surface area contributed by atoms with Gasteiger partial charge in [-0.15, -0.1) is 4.91 Å². The lowest BCUT2D eigenvalue weighted by Crippen LogP contribution is -2.03. The Morgan fingerprint density at radius 3 is 2.39 bits per heavy atom. The van der Waals surface area contributed by atoms with E-state index in [1.54, 1.807) is 31.3 Å². The molecule has 3 rings (SSSR count). The molecule has 0 aliphatic heterocycles. The highest BCUT2D eigenvalue weighted by atomic mass is 19.1. The number of nitriles is 1. The van der Waals surface area contributed by atoms with Crippen molar-refractivity contribution in [1.29, 1.82) is 5.26 Å². The fraction of sp³-hybridized carbons (Fsp3) is 0.100. The molecule has 0 spiro atoms. The van der Waals surface area contributed by atoms with Crippen molar-refractivity contribution < 1.29 is 18.3 Å². The number of rotatable bonds is 5. The molecular weight excluding hydrogens is 368 g/mol. The highest BCUT2D eigenvalue weighted by Gasteiger charge is 2.22. The van der Waals surface area contributed by atoms with Gasteiger partial charge in [0.15, 0.2) is 0 Å². The molecule has 28 heavy (non-hydrogen) atoms. The highest BCUT2D eigenvalue weighted by Crippen LogP contribution is 2.31. The second-order valence-electron chi connectivity index (χ2n) is 5.98. The Morgan fingerprint density at radius 2 is 1.82 bits per heavy atom. The number of hydrogen-bond acceptors (Lipinski definition) is 4. The maximum atomic E-state index is 13.2. The van der Waals surface area contributed by atoms with E-state index in [0.717, 1.165) is 6.07 Å². The van der Waals surface area contributed by atoms with Crippen molar-refractivity contribution in [3.8, 4) is 22.9 Å². The lowest BCUT2D eigenvalue weighted by Gasteiger charge is -2.08. The van der Waals surface area contributed by atoms with E-state index < -0.39 is 17.5 Å². The number of hydrogen-bond donors (Lipinski definition) is 0. The highest BCUT2D eigenvalue weighted by molar-refractivity contribution is 6.01. The molecule has 140 valence electrons. The zero-order valence-electron chi connectivity index (χ0n) is 14.6. The van der Waals surface area contributed by atoms with Crippen LogP contribution in [-0.2, 0) is 13.7 Å². The van der Waals surface area contributed by atoms with Crippen LogP contribution in [-0.4, -0.2) is 10.5 Å². The largest absolute Gasteiger partial charge is 0.489 e. The Hall–Kier alpha value is -3.86. The third kappa shape index (κ3) is 3.78. The summed E-state index contributed by atoms with van der Waals surface area (Å²) in [6.45, 7) is -0.0401. The van der Waals surface area contributed by atoms with E-state index in [4.69, 9.17) is 4.74 Å². The zero-order chi connectivity index (χ0) is 20.3. The molecule has 0 bridgehead atoms. The van der Waals surface area contributed by atoms with Crippen molar-refractivity contribution in [3.63, 3.8) is 0 Å². The van der Waals surface area contributed by atoms with Crippen molar-refractivity contribution in [2.75, 3.05) is 0 Å². The van der Waals surface area contributed by atoms with Crippen molar-refractivity contribution in [2.24, 2.45) is 12.2 Å². The Balaban J connectivity index is 1.86. The van der Waals surface area contributed by atoms with Crippen LogP contribution >= 0.6 is 0 Å². The van der Waals surface area contributed by atoms with Gasteiger partial charge >= 0.3 is 5.91 Å². The van der Waals surface area contributed by atoms with Crippen LogP contribution in [0, 0.1) is 27.9 Å². The van der Waals surface area contributed by atoms with Crippen LogP contribution in [0.5, 0.6) is 5.75 Å². The number of aromatic nitrogens is 1. The van der Waals surface area contributed by atoms with Crippen LogP contribution in [0.25, 0.3) is 11.1 Å². The molecule has 0 atom stereocenters. The third-order valence-corrected chi connectivity index (χ3v) is 4.06. The number of halogens is 2. The number of nitrogens with zero attached hydrogens (tertiary/aromatic N) is 3. The van der Waals surface area contributed by atoms with Gasteiger partial charge in [-0.3, -0.25) is 4.79 Å². The van der Waals surface area contributed by atoms with Crippen LogP contribution in [0.2, 0.25) is 0 Å². The smallest absolute Gasteiger partial charge is 0.333 e. The van der Waals surface area contributed by atoms with Crippen LogP contribution in [0.1, 0.15) is 21.6 Å². The van der Waals surface area contributed by atoms with Gasteiger partial charge in [0.05, 0.1) is 5.56 Å². The normalized spacial score (nSPS) is 10.4. The van der Waals surface area contributed by atoms with Gasteiger partial charge in [0, 0.05) is 30.1 Å². The quantitative estimate of drug-likeness (QED) is 0.616. The Labute approximate surface area is 158 Å². The third-order valence-electron chi connectivity index (χ3n) is 4.06. The molecule has 1 heterocycles. The first kappa shape index (κ1) is 18.9. The maximum absolute atomic E-state index is 13.2. The van der Waals surface area contributed by atoms with Crippen molar-refractivity contribution in [1.82, 2.24) is 4.57 Å². The first-order valence-corrected chi connectivity index (χ1v) is 8.08. The molecule has 0 aliphatic carbocycles. The minimum Gasteiger partial charge on any atom is -0.489 e. The summed E-state index contributed by atoms with van der Waals surface area (Å²) in [6, 6.07) is 11.5. The Bertz CT molecular complexity index is 1080. The number of carbonyl (C=O) groups is 1. The van der Waals surface area contributed by atoms with E-state index in [0.29, 0.717) is 22.4 Å². The van der Waals surface area contributed by atoms with E-state index in [9.17, 15) is 23.7 Å². The summed E-state index contributed by atoms with van der Waals surface area (Å²) in [6.07, 6.45) is 1.44. The topological polar surface area (TPSA) is 84.4 Å². The van der Waals surface area contributed by atoms with E-state index >= 15 is 0 Å². The van der Waals surface area contributed by atoms with Gasteiger partial charge in [-0.05, 0) is 35.4 Å². The van der Waals surface area contributed by atoms with Crippen LogP contribution < -0.4 is 4.74 Å². The first-order valence-electron chi connectivity index (χ1n) is 8.08. The molecule has 0 aliphatic rings. The SMILES string of the molecule is Cn1cc(C#N)c(-c2ccc(OCc3cc(F)cc(F)c3)cc2)c1C(=O)N=O. The molecule has 0 N–H and O–H groups in total. The molecule has 1 aromatic heterocycles. The molecule has 8 heteroatoms. The molecule has 2 aromatic carbocycles. The summed E-state index contributed by atoms with van der Waals surface area (Å²) < 4.78 is 33.3. The predicted molar refractivity (Wildman–Crippen MR) is 96.4 cm³/mol. The first-order chi connectivity index (χ1) is 13.4. The maximum Gasteiger partial charge on any atom is 0.333 e. The van der Waals surface area contributed by atoms with Crippen LogP contribution in [0.4, 0.5) is 8.78 Å². The molecule has 1 amide bonds. The summed E-state index contributed by atoms with van der Waals surface area (Å²) in [5.41, 5.74) is 1.39. The monoisotopic (exact) mass is 381 g/mol. The van der Waals surface area contributed by atoms with Crippen LogP contribution in [0.15, 0.2) is 53.8 Å². The Morgan fingerprint density at radius 1 is 1.18 bits per heavy atom. The molecule has 3 aromatic rings. The molecule has 6 nitrogen and oxygen atoms in total. The molecule has 0 unspecified atom stereocenters. The van der Waals surface area contributed by atoms with Crippen molar-refractivity contribution in [2.45, 2.75) is 6.61 Å². The molecule has 0 saturated carbocycles. The van der Waals surface area contributed by atoms with Crippen LogP contribution in [0.3, 0.4) is 0 Å². The van der Waals surface area contributed by atoms with E-state index in [2.05, 4.69) is 5.18 Å². The summed E-state index contributed by atoms with van der Waals surface area (Å²) in [4.78, 5) is 22.5. The summed E-state index contributed by atoms with van der Waals surface area (Å²) in [5, 5.41) is 11.8. The van der Waals surface area contributed by atoms with Crippen molar-refractivity contribution >= 4 is 5.91 Å². The number of ether oxygens (including phenoxy) is 1. The average Bonchev–Trinajstić information content (AvgIpc) is 3.01. The second kappa shape index (κ2) is 7.80. The van der Waals surface area contributed by atoms with Crippen molar-refractivity contribution in [3.05, 3.63) is 82.0 Å². The number of aryl methyl sites for hydroxylation is 1. The molecule has 0 radical (unpaired) electrons. The summed E-state index contributed by atoms with van der Waals surface area (Å²) in [5.74, 6) is -1.94. The molecule has 0 fully saturated rings.